The molecule has 1 atom stereocenters. The molecule has 0 saturated carbocycles. The van der Waals surface area contributed by atoms with Crippen LogP contribution in [-0.2, 0) is 14.8 Å². The SMILES string of the molecule is NS(=O)(=O)CCNC(=O)N[C@@H](C(=O)O)c1ccccc1Cl. The fourth-order valence-corrected chi connectivity index (χ4v) is 2.10. The van der Waals surface area contributed by atoms with Gasteiger partial charge in [0.05, 0.1) is 5.75 Å². The number of nitrogens with one attached hydrogen (secondary N) is 2. The smallest absolute Gasteiger partial charge is 0.331 e. The minimum Gasteiger partial charge on any atom is -0.479 e. The number of rotatable bonds is 6. The summed E-state index contributed by atoms with van der Waals surface area (Å²) in [7, 11) is -3.70. The summed E-state index contributed by atoms with van der Waals surface area (Å²) >= 11 is 5.88. The summed E-state index contributed by atoms with van der Waals surface area (Å²) in [5.41, 5.74) is 0.216. The summed E-state index contributed by atoms with van der Waals surface area (Å²) in [6, 6.07) is 3.97. The average Bonchev–Trinajstić information content (AvgIpc) is 2.35. The molecule has 0 radical (unpaired) electrons. The van der Waals surface area contributed by atoms with E-state index in [1.807, 2.05) is 0 Å². The molecule has 0 aliphatic carbocycles. The minimum atomic E-state index is -3.70. The molecule has 1 aromatic rings. The Hall–Kier alpha value is -1.84. The Morgan fingerprint density at radius 1 is 1.33 bits per heavy atom. The minimum absolute atomic E-state index is 0.190. The highest BCUT2D eigenvalue weighted by atomic mass is 35.5. The zero-order valence-electron chi connectivity index (χ0n) is 10.7. The topological polar surface area (TPSA) is 139 Å². The van der Waals surface area contributed by atoms with Gasteiger partial charge in [-0.1, -0.05) is 29.8 Å². The number of nitrogens with two attached hydrogens (primary N) is 1. The number of hydrogen-bond donors (Lipinski definition) is 4. The molecule has 0 spiro atoms. The largest absolute Gasteiger partial charge is 0.479 e. The number of carbonyl (C=O) groups is 2. The van der Waals surface area contributed by atoms with Gasteiger partial charge in [-0.15, -0.1) is 0 Å². The lowest BCUT2D eigenvalue weighted by atomic mass is 10.1. The molecular formula is C11H14ClN3O5S. The predicted molar refractivity (Wildman–Crippen MR) is 76.3 cm³/mol. The number of urea groups is 1. The second-order valence-electron chi connectivity index (χ2n) is 4.06. The normalized spacial score (nSPS) is 12.5. The highest BCUT2D eigenvalue weighted by Crippen LogP contribution is 2.22. The third-order valence-corrected chi connectivity index (χ3v) is 3.53. The van der Waals surface area contributed by atoms with Crippen LogP contribution in [0.5, 0.6) is 0 Å². The Morgan fingerprint density at radius 2 is 1.95 bits per heavy atom. The van der Waals surface area contributed by atoms with E-state index in [-0.39, 0.29) is 17.1 Å². The number of hydrogen-bond acceptors (Lipinski definition) is 4. The summed E-state index contributed by atoms with van der Waals surface area (Å²) < 4.78 is 21.4. The van der Waals surface area contributed by atoms with E-state index in [4.69, 9.17) is 21.8 Å². The van der Waals surface area contributed by atoms with Gasteiger partial charge in [0.1, 0.15) is 0 Å². The van der Waals surface area contributed by atoms with Crippen molar-refractivity contribution in [3.05, 3.63) is 34.9 Å². The molecule has 0 aliphatic rings. The van der Waals surface area contributed by atoms with Gasteiger partial charge >= 0.3 is 12.0 Å². The average molecular weight is 336 g/mol. The van der Waals surface area contributed by atoms with Crippen molar-refractivity contribution in [2.24, 2.45) is 5.14 Å². The van der Waals surface area contributed by atoms with Crippen LogP contribution >= 0.6 is 11.6 Å². The van der Waals surface area contributed by atoms with Crippen LogP contribution in [0, 0.1) is 0 Å². The number of carbonyl (C=O) groups excluding carboxylic acids is 1. The van der Waals surface area contributed by atoms with Crippen molar-refractivity contribution < 1.29 is 23.1 Å². The standard InChI is InChI=1S/C11H14ClN3O5S/c12-8-4-2-1-3-7(8)9(10(16)17)15-11(18)14-5-6-21(13,19)20/h1-4,9H,5-6H2,(H,16,17)(H2,13,19,20)(H2,14,15,18)/t9-/m1/s1. The summed E-state index contributed by atoms with van der Waals surface area (Å²) in [6.45, 7) is -0.237. The van der Waals surface area contributed by atoms with Crippen molar-refractivity contribution in [1.82, 2.24) is 10.6 Å². The van der Waals surface area contributed by atoms with Crippen LogP contribution in [0.4, 0.5) is 4.79 Å². The molecule has 0 heterocycles. The molecule has 0 unspecified atom stereocenters. The molecule has 0 aromatic heterocycles. The van der Waals surface area contributed by atoms with Gasteiger partial charge in [0, 0.05) is 17.1 Å². The molecule has 1 aromatic carbocycles. The molecule has 1 rings (SSSR count). The summed E-state index contributed by atoms with van der Waals surface area (Å²) in [4.78, 5) is 22.8. The monoisotopic (exact) mass is 335 g/mol. The number of aliphatic carboxylic acids is 1. The van der Waals surface area contributed by atoms with Crippen LogP contribution in [0.1, 0.15) is 11.6 Å². The highest BCUT2D eigenvalue weighted by Gasteiger charge is 2.24. The third kappa shape index (κ3) is 5.98. The van der Waals surface area contributed by atoms with E-state index >= 15 is 0 Å². The molecule has 5 N–H and O–H groups in total. The van der Waals surface area contributed by atoms with Gasteiger partial charge in [-0.05, 0) is 6.07 Å². The molecule has 0 saturated heterocycles. The summed E-state index contributed by atoms with van der Waals surface area (Å²) in [6.07, 6.45) is 0. The molecule has 0 bridgehead atoms. The van der Waals surface area contributed by atoms with Crippen LogP contribution in [0.25, 0.3) is 0 Å². The van der Waals surface area contributed by atoms with Gasteiger partial charge in [-0.3, -0.25) is 0 Å². The molecule has 21 heavy (non-hydrogen) atoms. The molecule has 0 fully saturated rings. The number of carboxylic acid groups (broad SMARTS) is 1. The lowest BCUT2D eigenvalue weighted by molar-refractivity contribution is -0.139. The summed E-state index contributed by atoms with van der Waals surface area (Å²) in [5.74, 6) is -1.76. The maximum absolute atomic E-state index is 11.6. The van der Waals surface area contributed by atoms with E-state index < -0.39 is 33.8 Å². The second kappa shape index (κ2) is 7.25. The first-order valence-corrected chi connectivity index (χ1v) is 7.82. The zero-order chi connectivity index (χ0) is 16.0. The van der Waals surface area contributed by atoms with Crippen molar-refractivity contribution in [2.75, 3.05) is 12.3 Å². The number of carboxylic acids is 1. The van der Waals surface area contributed by atoms with Crippen molar-refractivity contribution in [3.8, 4) is 0 Å². The van der Waals surface area contributed by atoms with Crippen LogP contribution in [0.3, 0.4) is 0 Å². The van der Waals surface area contributed by atoms with E-state index in [0.717, 1.165) is 0 Å². The van der Waals surface area contributed by atoms with E-state index in [9.17, 15) is 18.0 Å². The Morgan fingerprint density at radius 3 is 2.48 bits per heavy atom. The fraction of sp³-hybridized carbons (Fsp3) is 0.273. The Kier molecular flexibility index (Phi) is 5.94. The lowest BCUT2D eigenvalue weighted by Gasteiger charge is -2.16. The Labute approximate surface area is 126 Å². The predicted octanol–water partition coefficient (Wildman–Crippen LogP) is 0.0534. The van der Waals surface area contributed by atoms with E-state index in [2.05, 4.69) is 10.6 Å². The molecule has 116 valence electrons. The quantitative estimate of drug-likeness (QED) is 0.582. The molecular weight excluding hydrogens is 322 g/mol. The Bertz CT molecular complexity index is 635. The second-order valence-corrected chi connectivity index (χ2v) is 6.20. The van der Waals surface area contributed by atoms with E-state index in [1.54, 1.807) is 12.1 Å². The first-order chi connectivity index (χ1) is 9.70. The lowest BCUT2D eigenvalue weighted by Crippen LogP contribution is -2.42. The number of primary sulfonamides is 1. The van der Waals surface area contributed by atoms with E-state index in [1.165, 1.54) is 12.1 Å². The fourth-order valence-electron chi connectivity index (χ4n) is 1.47. The number of amides is 2. The zero-order valence-corrected chi connectivity index (χ0v) is 12.3. The number of sulfonamides is 1. The highest BCUT2D eigenvalue weighted by molar-refractivity contribution is 7.89. The van der Waals surface area contributed by atoms with Crippen LogP contribution < -0.4 is 15.8 Å². The van der Waals surface area contributed by atoms with E-state index in [0.29, 0.717) is 0 Å². The maximum atomic E-state index is 11.6. The van der Waals surface area contributed by atoms with Gasteiger partial charge in [-0.2, -0.15) is 0 Å². The molecule has 10 heteroatoms. The van der Waals surface area contributed by atoms with Crippen molar-refractivity contribution >= 4 is 33.6 Å². The van der Waals surface area contributed by atoms with Gasteiger partial charge in [0.15, 0.2) is 6.04 Å². The number of halogens is 1. The van der Waals surface area contributed by atoms with Crippen LogP contribution in [0.2, 0.25) is 5.02 Å². The third-order valence-electron chi connectivity index (χ3n) is 2.41. The van der Waals surface area contributed by atoms with Crippen molar-refractivity contribution in [3.63, 3.8) is 0 Å². The Balaban J connectivity index is 2.70. The van der Waals surface area contributed by atoms with Gasteiger partial charge in [0.25, 0.3) is 0 Å². The molecule has 2 amide bonds. The van der Waals surface area contributed by atoms with Crippen molar-refractivity contribution in [1.29, 1.82) is 0 Å². The first-order valence-electron chi connectivity index (χ1n) is 5.73. The maximum Gasteiger partial charge on any atom is 0.331 e. The number of benzene rings is 1. The van der Waals surface area contributed by atoms with Gasteiger partial charge in [0.2, 0.25) is 10.0 Å². The van der Waals surface area contributed by atoms with Gasteiger partial charge < -0.3 is 15.7 Å². The molecule has 8 nitrogen and oxygen atoms in total. The van der Waals surface area contributed by atoms with Crippen molar-refractivity contribution in [2.45, 2.75) is 6.04 Å². The summed E-state index contributed by atoms with van der Waals surface area (Å²) in [5, 5.41) is 18.5. The molecule has 0 aliphatic heterocycles. The van der Waals surface area contributed by atoms with Crippen LogP contribution in [0.15, 0.2) is 24.3 Å². The first kappa shape index (κ1) is 17.2. The van der Waals surface area contributed by atoms with Crippen LogP contribution in [-0.4, -0.2) is 37.8 Å². The van der Waals surface area contributed by atoms with Gasteiger partial charge in [-0.25, -0.2) is 23.1 Å².